The molecule has 1 heterocycles. The maximum atomic E-state index is 12.6. The van der Waals surface area contributed by atoms with Gasteiger partial charge in [-0.1, -0.05) is 0 Å². The summed E-state index contributed by atoms with van der Waals surface area (Å²) in [6.07, 6.45) is 0.646. The molecule has 0 aromatic carbocycles. The number of rotatable bonds is 10. The first-order valence-corrected chi connectivity index (χ1v) is 8.98. The van der Waals surface area contributed by atoms with Gasteiger partial charge in [0.05, 0.1) is 12.5 Å². The first-order chi connectivity index (χ1) is 9.56. The number of ether oxygens (including phenoxy) is 2. The number of methoxy groups -OCH3 is 2. The number of sulfonamides is 1. The Kier molecular flexibility index (Phi) is 8.01. The van der Waals surface area contributed by atoms with Crippen molar-refractivity contribution in [3.8, 4) is 0 Å². The van der Waals surface area contributed by atoms with Crippen LogP contribution in [0.1, 0.15) is 11.3 Å². The molecule has 0 fully saturated rings. The highest BCUT2D eigenvalue weighted by Crippen LogP contribution is 2.26. The molecule has 0 spiro atoms. The standard InChI is InChI=1S/C12H20ClNO4S2/c1-17-8-3-6-14(7-9-18-2)20(15,16)12-5-4-11(10-13)19-12/h4-5H,3,6-10H2,1-2H3. The highest BCUT2D eigenvalue weighted by molar-refractivity contribution is 7.91. The molecule has 1 aromatic heterocycles. The zero-order chi connectivity index (χ0) is 15.0. The van der Waals surface area contributed by atoms with Crippen LogP contribution in [0.2, 0.25) is 0 Å². The zero-order valence-corrected chi connectivity index (χ0v) is 14.1. The highest BCUT2D eigenvalue weighted by Gasteiger charge is 2.25. The van der Waals surface area contributed by atoms with E-state index in [1.165, 1.54) is 15.6 Å². The van der Waals surface area contributed by atoms with Gasteiger partial charge in [0.15, 0.2) is 0 Å². The average Bonchev–Trinajstić information content (AvgIpc) is 2.92. The van der Waals surface area contributed by atoms with Gasteiger partial charge in [0.2, 0.25) is 0 Å². The first-order valence-electron chi connectivity index (χ1n) is 6.19. The van der Waals surface area contributed by atoms with E-state index in [-0.39, 0.29) is 0 Å². The fraction of sp³-hybridized carbons (Fsp3) is 0.667. The SMILES string of the molecule is COCCCN(CCOC)S(=O)(=O)c1ccc(CCl)s1. The number of hydrogen-bond acceptors (Lipinski definition) is 5. The van der Waals surface area contributed by atoms with E-state index < -0.39 is 10.0 Å². The molecule has 0 atom stereocenters. The number of thiophene rings is 1. The van der Waals surface area contributed by atoms with Crippen molar-refractivity contribution >= 4 is 33.0 Å². The van der Waals surface area contributed by atoms with Crippen molar-refractivity contribution in [2.45, 2.75) is 16.5 Å². The normalized spacial score (nSPS) is 12.2. The molecule has 20 heavy (non-hydrogen) atoms. The van der Waals surface area contributed by atoms with E-state index in [0.717, 1.165) is 4.88 Å². The largest absolute Gasteiger partial charge is 0.385 e. The summed E-state index contributed by atoms with van der Waals surface area (Å²) in [6, 6.07) is 3.35. The molecular weight excluding hydrogens is 322 g/mol. The van der Waals surface area contributed by atoms with Crippen molar-refractivity contribution in [2.24, 2.45) is 0 Å². The van der Waals surface area contributed by atoms with Crippen molar-refractivity contribution in [3.05, 3.63) is 17.0 Å². The van der Waals surface area contributed by atoms with Gasteiger partial charge in [0, 0.05) is 38.8 Å². The maximum absolute atomic E-state index is 12.6. The van der Waals surface area contributed by atoms with Gasteiger partial charge in [0.25, 0.3) is 10.0 Å². The summed E-state index contributed by atoms with van der Waals surface area (Å²) in [7, 11) is -0.336. The van der Waals surface area contributed by atoms with Crippen LogP contribution in [0.15, 0.2) is 16.3 Å². The zero-order valence-electron chi connectivity index (χ0n) is 11.7. The van der Waals surface area contributed by atoms with Crippen LogP contribution in [0.5, 0.6) is 0 Å². The Hall–Kier alpha value is -0.180. The molecule has 0 amide bonds. The van der Waals surface area contributed by atoms with Gasteiger partial charge in [-0.05, 0) is 18.6 Å². The summed E-state index contributed by atoms with van der Waals surface area (Å²) in [5, 5.41) is 0. The molecule has 0 bridgehead atoms. The second kappa shape index (κ2) is 8.96. The molecule has 0 aliphatic carbocycles. The molecule has 0 unspecified atom stereocenters. The van der Waals surface area contributed by atoms with Crippen LogP contribution in [-0.4, -0.2) is 53.2 Å². The molecule has 0 saturated carbocycles. The Morgan fingerprint density at radius 1 is 1.20 bits per heavy atom. The van der Waals surface area contributed by atoms with Gasteiger partial charge in [-0.2, -0.15) is 4.31 Å². The number of halogens is 1. The fourth-order valence-corrected chi connectivity index (χ4v) is 4.70. The quantitative estimate of drug-likeness (QED) is 0.483. The summed E-state index contributed by atoms with van der Waals surface area (Å²) in [4.78, 5) is 0.842. The monoisotopic (exact) mass is 341 g/mol. The van der Waals surface area contributed by atoms with Crippen molar-refractivity contribution in [1.82, 2.24) is 4.31 Å². The van der Waals surface area contributed by atoms with Gasteiger partial charge in [-0.15, -0.1) is 22.9 Å². The van der Waals surface area contributed by atoms with Crippen LogP contribution in [0.3, 0.4) is 0 Å². The van der Waals surface area contributed by atoms with Crippen molar-refractivity contribution < 1.29 is 17.9 Å². The predicted molar refractivity (Wildman–Crippen MR) is 81.0 cm³/mol. The minimum atomic E-state index is -3.49. The lowest BCUT2D eigenvalue weighted by atomic mass is 10.4. The maximum Gasteiger partial charge on any atom is 0.252 e. The van der Waals surface area contributed by atoms with Crippen LogP contribution in [0, 0.1) is 0 Å². The molecule has 116 valence electrons. The van der Waals surface area contributed by atoms with Gasteiger partial charge in [0.1, 0.15) is 4.21 Å². The van der Waals surface area contributed by atoms with E-state index in [9.17, 15) is 8.42 Å². The molecule has 0 N–H and O–H groups in total. The van der Waals surface area contributed by atoms with Crippen molar-refractivity contribution in [1.29, 1.82) is 0 Å². The predicted octanol–water partition coefficient (Wildman–Crippen LogP) is 2.16. The Morgan fingerprint density at radius 2 is 1.90 bits per heavy atom. The van der Waals surface area contributed by atoms with Gasteiger partial charge >= 0.3 is 0 Å². The summed E-state index contributed by atoms with van der Waals surface area (Å²) in [5.41, 5.74) is 0. The van der Waals surface area contributed by atoms with E-state index in [1.54, 1.807) is 26.4 Å². The van der Waals surface area contributed by atoms with Crippen molar-refractivity contribution in [2.75, 3.05) is 40.5 Å². The molecule has 1 rings (SSSR count). The Balaban J connectivity index is 2.85. The van der Waals surface area contributed by atoms with Gasteiger partial charge in [-0.25, -0.2) is 8.42 Å². The smallest absolute Gasteiger partial charge is 0.252 e. The second-order valence-electron chi connectivity index (χ2n) is 4.10. The van der Waals surface area contributed by atoms with Crippen LogP contribution in [0.4, 0.5) is 0 Å². The molecule has 0 aliphatic heterocycles. The molecule has 8 heteroatoms. The Morgan fingerprint density at radius 3 is 2.45 bits per heavy atom. The lowest BCUT2D eigenvalue weighted by Gasteiger charge is -2.20. The van der Waals surface area contributed by atoms with Crippen LogP contribution in [-0.2, 0) is 25.4 Å². The van der Waals surface area contributed by atoms with Crippen LogP contribution >= 0.6 is 22.9 Å². The third-order valence-corrected chi connectivity index (χ3v) is 6.56. The number of nitrogens with zero attached hydrogens (tertiary/aromatic N) is 1. The van der Waals surface area contributed by atoms with Crippen molar-refractivity contribution in [3.63, 3.8) is 0 Å². The first kappa shape index (κ1) is 17.9. The lowest BCUT2D eigenvalue weighted by Crippen LogP contribution is -2.34. The Labute approximate surface area is 129 Å². The third-order valence-electron chi connectivity index (χ3n) is 2.66. The van der Waals surface area contributed by atoms with E-state index in [4.69, 9.17) is 21.1 Å². The summed E-state index contributed by atoms with van der Waals surface area (Å²) >= 11 is 6.93. The van der Waals surface area contributed by atoms with Crippen LogP contribution in [0.25, 0.3) is 0 Å². The number of alkyl halides is 1. The minimum Gasteiger partial charge on any atom is -0.385 e. The molecule has 5 nitrogen and oxygen atoms in total. The molecule has 0 radical (unpaired) electrons. The van der Waals surface area contributed by atoms with E-state index in [0.29, 0.717) is 42.8 Å². The van der Waals surface area contributed by atoms with Gasteiger partial charge in [-0.3, -0.25) is 0 Å². The molecule has 0 aliphatic rings. The lowest BCUT2D eigenvalue weighted by molar-refractivity contribution is 0.164. The molecule has 0 saturated heterocycles. The molecular formula is C12H20ClNO4S2. The average molecular weight is 342 g/mol. The fourth-order valence-electron chi connectivity index (χ4n) is 1.63. The van der Waals surface area contributed by atoms with Crippen LogP contribution < -0.4 is 0 Å². The Bertz CT molecular complexity index is 489. The third kappa shape index (κ3) is 4.98. The van der Waals surface area contributed by atoms with E-state index in [1.807, 2.05) is 0 Å². The highest BCUT2D eigenvalue weighted by atomic mass is 35.5. The minimum absolute atomic E-state index is 0.321. The van der Waals surface area contributed by atoms with Gasteiger partial charge < -0.3 is 9.47 Å². The molecule has 1 aromatic rings. The summed E-state index contributed by atoms with van der Waals surface area (Å²) in [5.74, 6) is 0.321. The number of hydrogen-bond donors (Lipinski definition) is 0. The van der Waals surface area contributed by atoms with E-state index in [2.05, 4.69) is 0 Å². The van der Waals surface area contributed by atoms with E-state index >= 15 is 0 Å². The summed E-state index contributed by atoms with van der Waals surface area (Å²) in [6.45, 7) is 1.63. The summed E-state index contributed by atoms with van der Waals surface area (Å²) < 4.78 is 36.8. The second-order valence-corrected chi connectivity index (χ2v) is 7.70. The topological polar surface area (TPSA) is 55.8 Å².